The molecule has 34 heavy (non-hydrogen) atoms. The fraction of sp³-hybridized carbons (Fsp3) is 0.381. The minimum atomic E-state index is -5.08. The number of nitriles is 1. The molecule has 1 atom stereocenters. The van der Waals surface area contributed by atoms with E-state index in [1.54, 1.807) is 24.3 Å². The van der Waals surface area contributed by atoms with E-state index in [1.165, 1.54) is 17.6 Å². The number of aliphatic carboxylic acids is 1. The highest BCUT2D eigenvalue weighted by Crippen LogP contribution is 2.19. The number of halogens is 3. The molecule has 1 aliphatic rings. The van der Waals surface area contributed by atoms with Gasteiger partial charge in [0.1, 0.15) is 5.82 Å². The molecule has 0 unspecified atom stereocenters. The Morgan fingerprint density at radius 3 is 2.41 bits per heavy atom. The predicted octanol–water partition coefficient (Wildman–Crippen LogP) is 1.15. The molecule has 3 N–H and O–H groups in total. The van der Waals surface area contributed by atoms with Crippen LogP contribution in [0.4, 0.5) is 19.0 Å². The van der Waals surface area contributed by atoms with Gasteiger partial charge >= 0.3 is 17.8 Å². The Hall–Kier alpha value is -3.92. The molecular weight excluding hydrogens is 459 g/mol. The average molecular weight is 481 g/mol. The van der Waals surface area contributed by atoms with Crippen LogP contribution >= 0.6 is 0 Å². The highest BCUT2D eigenvalue weighted by molar-refractivity contribution is 5.75. The van der Waals surface area contributed by atoms with Gasteiger partial charge in [-0.05, 0) is 24.5 Å². The van der Waals surface area contributed by atoms with Crippen molar-refractivity contribution in [2.75, 3.05) is 18.0 Å². The molecule has 0 saturated carbocycles. The third-order valence-electron chi connectivity index (χ3n) is 4.98. The number of aromatic nitrogens is 2. The number of benzene rings is 1. The second kappa shape index (κ2) is 10.8. The van der Waals surface area contributed by atoms with Crippen LogP contribution in [0.1, 0.15) is 35.7 Å². The molecule has 3 rings (SSSR count). The molecular formula is C21H22F3N5O5. The van der Waals surface area contributed by atoms with E-state index in [4.69, 9.17) is 15.6 Å². The molecule has 1 fully saturated rings. The lowest BCUT2D eigenvalue weighted by atomic mass is 10.1. The molecule has 0 spiro atoms. The van der Waals surface area contributed by atoms with Crippen LogP contribution in [-0.2, 0) is 11.3 Å². The van der Waals surface area contributed by atoms with Gasteiger partial charge in [0, 0.05) is 32.1 Å². The summed E-state index contributed by atoms with van der Waals surface area (Å²) in [7, 11) is 0. The van der Waals surface area contributed by atoms with E-state index in [2.05, 4.69) is 6.07 Å². The standard InChI is InChI=1S/C19H21N5O3.C2HF3O2/c1-13(25)24-18(26)9-17(22-8-4-7-16(21)12-22)23(19(24)27)11-15-6-3-2-5-14(15)10-20;3-2(4,5)1(6)7/h2-3,5-6,9,16H,4,7-8,11-12,21H2,1H3;(H,6,7)/t16-;/m1./s1. The normalized spacial score (nSPS) is 15.6. The molecule has 0 aliphatic carbocycles. The first kappa shape index (κ1) is 26.3. The zero-order valence-corrected chi connectivity index (χ0v) is 18.1. The molecule has 0 amide bonds. The maximum absolute atomic E-state index is 12.9. The van der Waals surface area contributed by atoms with Gasteiger partial charge in [0.15, 0.2) is 0 Å². The summed E-state index contributed by atoms with van der Waals surface area (Å²) in [6, 6.07) is 10.3. The van der Waals surface area contributed by atoms with Crippen LogP contribution in [0, 0.1) is 11.3 Å². The number of carbonyl (C=O) groups is 2. The number of nitrogens with two attached hydrogens (primary N) is 1. The quantitative estimate of drug-likeness (QED) is 0.663. The number of rotatable bonds is 3. The van der Waals surface area contributed by atoms with Crippen molar-refractivity contribution in [3.05, 3.63) is 62.3 Å². The number of anilines is 1. The molecule has 13 heteroatoms. The van der Waals surface area contributed by atoms with Crippen molar-refractivity contribution in [2.24, 2.45) is 5.73 Å². The van der Waals surface area contributed by atoms with Crippen molar-refractivity contribution in [3.8, 4) is 6.07 Å². The molecule has 0 bridgehead atoms. The topological polar surface area (TPSA) is 151 Å². The van der Waals surface area contributed by atoms with Crippen molar-refractivity contribution in [2.45, 2.75) is 38.5 Å². The third kappa shape index (κ3) is 6.32. The zero-order valence-electron chi connectivity index (χ0n) is 18.1. The van der Waals surface area contributed by atoms with Crippen LogP contribution in [0.2, 0.25) is 0 Å². The van der Waals surface area contributed by atoms with Crippen LogP contribution in [0.3, 0.4) is 0 Å². The zero-order chi connectivity index (χ0) is 25.6. The van der Waals surface area contributed by atoms with Crippen LogP contribution in [0.15, 0.2) is 39.9 Å². The second-order valence-electron chi connectivity index (χ2n) is 7.48. The first-order valence-electron chi connectivity index (χ1n) is 10.0. The van der Waals surface area contributed by atoms with Crippen LogP contribution in [-0.4, -0.2) is 51.4 Å². The summed E-state index contributed by atoms with van der Waals surface area (Å²) in [5.74, 6) is -2.98. The van der Waals surface area contributed by atoms with E-state index in [1.807, 2.05) is 4.90 Å². The number of carboxylic acid groups (broad SMARTS) is 1. The van der Waals surface area contributed by atoms with E-state index in [-0.39, 0.29) is 12.6 Å². The Labute approximate surface area is 191 Å². The number of hydrogen-bond acceptors (Lipinski definition) is 7. The number of carbonyl (C=O) groups excluding carboxylic acids is 1. The lowest BCUT2D eigenvalue weighted by Gasteiger charge is -2.34. The highest BCUT2D eigenvalue weighted by Gasteiger charge is 2.38. The van der Waals surface area contributed by atoms with E-state index >= 15 is 0 Å². The summed E-state index contributed by atoms with van der Waals surface area (Å²) in [5.41, 5.74) is 5.76. The second-order valence-corrected chi connectivity index (χ2v) is 7.48. The number of hydrogen-bond donors (Lipinski definition) is 2. The van der Waals surface area contributed by atoms with Crippen LogP contribution in [0.5, 0.6) is 0 Å². The Kier molecular flexibility index (Phi) is 8.36. The molecule has 1 aliphatic heterocycles. The van der Waals surface area contributed by atoms with Gasteiger partial charge in [-0.1, -0.05) is 18.2 Å². The van der Waals surface area contributed by atoms with E-state index in [0.717, 1.165) is 12.8 Å². The Balaban J connectivity index is 0.000000509. The SMILES string of the molecule is CC(=O)n1c(=O)cc(N2CCC[C@@H](N)C2)n(Cc2ccccc2C#N)c1=O.O=C(O)C(F)(F)F. The Bertz CT molecular complexity index is 1230. The Morgan fingerprint density at radius 2 is 1.88 bits per heavy atom. The maximum Gasteiger partial charge on any atom is 0.490 e. The number of alkyl halides is 3. The predicted molar refractivity (Wildman–Crippen MR) is 115 cm³/mol. The van der Waals surface area contributed by atoms with E-state index in [9.17, 15) is 32.8 Å². The summed E-state index contributed by atoms with van der Waals surface area (Å²) in [4.78, 5) is 47.9. The molecule has 2 aromatic rings. The van der Waals surface area contributed by atoms with Gasteiger partial charge in [-0.3, -0.25) is 14.2 Å². The van der Waals surface area contributed by atoms with Gasteiger partial charge in [0.2, 0.25) is 5.91 Å². The number of carboxylic acids is 1. The third-order valence-corrected chi connectivity index (χ3v) is 4.98. The fourth-order valence-corrected chi connectivity index (χ4v) is 3.42. The Morgan fingerprint density at radius 1 is 1.26 bits per heavy atom. The van der Waals surface area contributed by atoms with Gasteiger partial charge in [0.05, 0.1) is 18.2 Å². The van der Waals surface area contributed by atoms with Crippen molar-refractivity contribution in [1.82, 2.24) is 9.13 Å². The van der Waals surface area contributed by atoms with Crippen molar-refractivity contribution < 1.29 is 27.9 Å². The van der Waals surface area contributed by atoms with Crippen molar-refractivity contribution in [1.29, 1.82) is 5.26 Å². The van der Waals surface area contributed by atoms with Crippen LogP contribution < -0.4 is 21.9 Å². The molecule has 1 aromatic heterocycles. The molecule has 0 radical (unpaired) electrons. The minimum absolute atomic E-state index is 0.0519. The smallest absolute Gasteiger partial charge is 0.475 e. The first-order chi connectivity index (χ1) is 15.9. The summed E-state index contributed by atoms with van der Waals surface area (Å²) >= 11 is 0. The van der Waals surface area contributed by atoms with Crippen molar-refractivity contribution in [3.63, 3.8) is 0 Å². The van der Waals surface area contributed by atoms with Gasteiger partial charge in [-0.15, -0.1) is 0 Å². The first-order valence-corrected chi connectivity index (χ1v) is 10.0. The lowest BCUT2D eigenvalue weighted by Crippen LogP contribution is -2.49. The summed E-state index contributed by atoms with van der Waals surface area (Å²) in [6.45, 7) is 2.43. The maximum atomic E-state index is 12.9. The van der Waals surface area contributed by atoms with Crippen molar-refractivity contribution >= 4 is 17.7 Å². The highest BCUT2D eigenvalue weighted by atomic mass is 19.4. The summed E-state index contributed by atoms with van der Waals surface area (Å²) < 4.78 is 33.7. The number of nitrogens with zero attached hydrogens (tertiary/aromatic N) is 4. The van der Waals surface area contributed by atoms with Gasteiger partial charge in [-0.25, -0.2) is 9.59 Å². The molecule has 1 aromatic carbocycles. The van der Waals surface area contributed by atoms with E-state index in [0.29, 0.717) is 34.6 Å². The minimum Gasteiger partial charge on any atom is -0.475 e. The summed E-state index contributed by atoms with van der Waals surface area (Å²) in [5, 5.41) is 16.5. The average Bonchev–Trinajstić information content (AvgIpc) is 2.75. The number of piperidine rings is 1. The van der Waals surface area contributed by atoms with Gasteiger partial charge < -0.3 is 15.7 Å². The monoisotopic (exact) mass is 481 g/mol. The van der Waals surface area contributed by atoms with E-state index < -0.39 is 29.3 Å². The fourth-order valence-electron chi connectivity index (χ4n) is 3.42. The molecule has 2 heterocycles. The molecule has 182 valence electrons. The molecule has 1 saturated heterocycles. The largest absolute Gasteiger partial charge is 0.490 e. The van der Waals surface area contributed by atoms with Gasteiger partial charge in [0.25, 0.3) is 5.56 Å². The molecule has 10 nitrogen and oxygen atoms in total. The van der Waals surface area contributed by atoms with Gasteiger partial charge in [-0.2, -0.15) is 23.0 Å². The summed E-state index contributed by atoms with van der Waals surface area (Å²) in [6.07, 6.45) is -3.36. The lowest BCUT2D eigenvalue weighted by molar-refractivity contribution is -0.192. The van der Waals surface area contributed by atoms with Crippen LogP contribution in [0.25, 0.3) is 0 Å².